The number of thiazole rings is 1. The summed E-state index contributed by atoms with van der Waals surface area (Å²) in [4.78, 5) is 5.90. The van der Waals surface area contributed by atoms with Gasteiger partial charge < -0.3 is 9.47 Å². The first-order valence-electron chi connectivity index (χ1n) is 9.42. The van der Waals surface area contributed by atoms with E-state index in [0.29, 0.717) is 16.6 Å². The minimum atomic E-state index is 0.639. The van der Waals surface area contributed by atoms with E-state index < -0.39 is 0 Å². The van der Waals surface area contributed by atoms with Crippen molar-refractivity contribution in [1.82, 2.24) is 4.98 Å². The number of ether oxygens (including phenoxy) is 2. The lowest BCUT2D eigenvalue weighted by Crippen LogP contribution is -1.96. The van der Waals surface area contributed by atoms with Gasteiger partial charge in [-0.1, -0.05) is 78.1 Å². The Balaban J connectivity index is 1.65. The lowest BCUT2D eigenvalue weighted by atomic mass is 10.1. The third kappa shape index (κ3) is 4.18. The molecular formula is C24H21N3O2S. The number of aromatic nitrogens is 1. The number of para-hydroxylation sites is 1. The van der Waals surface area contributed by atoms with E-state index in [4.69, 9.17) is 14.5 Å². The molecule has 3 aromatic carbocycles. The van der Waals surface area contributed by atoms with Gasteiger partial charge in [0, 0.05) is 11.1 Å². The third-order valence-electron chi connectivity index (χ3n) is 4.51. The average Bonchev–Trinajstić information content (AvgIpc) is 3.24. The maximum atomic E-state index is 5.45. The van der Waals surface area contributed by atoms with Crippen LogP contribution in [0.4, 0.5) is 5.13 Å². The average molecular weight is 416 g/mol. The highest BCUT2D eigenvalue weighted by molar-refractivity contribution is 7.19. The lowest BCUT2D eigenvalue weighted by Gasteiger charge is -2.09. The Morgan fingerprint density at radius 1 is 0.833 bits per heavy atom. The van der Waals surface area contributed by atoms with Gasteiger partial charge in [0.2, 0.25) is 5.13 Å². The van der Waals surface area contributed by atoms with Gasteiger partial charge in [0.1, 0.15) is 0 Å². The summed E-state index contributed by atoms with van der Waals surface area (Å²) in [6.07, 6.45) is 1.70. The van der Waals surface area contributed by atoms with Gasteiger partial charge in [0.05, 0.1) is 31.0 Å². The molecule has 1 aromatic heterocycles. The predicted molar refractivity (Wildman–Crippen MR) is 124 cm³/mol. The van der Waals surface area contributed by atoms with Crippen LogP contribution in [0.3, 0.4) is 0 Å². The van der Waals surface area contributed by atoms with Gasteiger partial charge in [-0.25, -0.2) is 4.98 Å². The van der Waals surface area contributed by atoms with E-state index in [-0.39, 0.29) is 0 Å². The number of rotatable bonds is 7. The topological polar surface area (TPSA) is 55.7 Å². The molecule has 1 N–H and O–H groups in total. The molecule has 0 atom stereocenters. The molecule has 0 saturated carbocycles. The smallest absolute Gasteiger partial charge is 0.204 e. The molecule has 0 fully saturated rings. The van der Waals surface area contributed by atoms with Crippen molar-refractivity contribution in [2.24, 2.45) is 5.10 Å². The maximum absolute atomic E-state index is 5.45. The molecule has 150 valence electrons. The first-order chi connectivity index (χ1) is 14.8. The molecule has 0 amide bonds. The van der Waals surface area contributed by atoms with Crippen molar-refractivity contribution >= 4 is 22.7 Å². The van der Waals surface area contributed by atoms with Gasteiger partial charge in [0.25, 0.3) is 0 Å². The van der Waals surface area contributed by atoms with Crippen molar-refractivity contribution in [3.63, 3.8) is 0 Å². The molecule has 0 aliphatic carbocycles. The summed E-state index contributed by atoms with van der Waals surface area (Å²) in [6, 6.07) is 26.1. The van der Waals surface area contributed by atoms with Crippen LogP contribution < -0.4 is 14.9 Å². The molecule has 0 radical (unpaired) electrons. The summed E-state index contributed by atoms with van der Waals surface area (Å²) in [5, 5.41) is 5.09. The minimum Gasteiger partial charge on any atom is -0.493 e. The number of anilines is 1. The van der Waals surface area contributed by atoms with Crippen LogP contribution in [-0.4, -0.2) is 25.4 Å². The van der Waals surface area contributed by atoms with Gasteiger partial charge in [-0.3, -0.25) is 5.43 Å². The van der Waals surface area contributed by atoms with Crippen LogP contribution in [-0.2, 0) is 0 Å². The number of hydrogen-bond acceptors (Lipinski definition) is 6. The first-order valence-corrected chi connectivity index (χ1v) is 10.2. The van der Waals surface area contributed by atoms with E-state index in [9.17, 15) is 0 Å². The fraction of sp³-hybridized carbons (Fsp3) is 0.0833. The Labute approximate surface area is 179 Å². The second-order valence-electron chi connectivity index (χ2n) is 6.38. The van der Waals surface area contributed by atoms with Crippen LogP contribution in [0.15, 0.2) is 84.0 Å². The number of nitrogens with zero attached hydrogens (tertiary/aromatic N) is 2. The van der Waals surface area contributed by atoms with Crippen LogP contribution in [0.25, 0.3) is 21.7 Å². The maximum Gasteiger partial charge on any atom is 0.204 e. The Bertz CT molecular complexity index is 1080. The van der Waals surface area contributed by atoms with Gasteiger partial charge in [-0.05, 0) is 17.7 Å². The number of methoxy groups -OCH3 is 2. The van der Waals surface area contributed by atoms with Crippen LogP contribution >= 0.6 is 11.3 Å². The van der Waals surface area contributed by atoms with E-state index in [1.165, 1.54) is 0 Å². The first kappa shape index (κ1) is 19.7. The summed E-state index contributed by atoms with van der Waals surface area (Å²) < 4.78 is 10.8. The van der Waals surface area contributed by atoms with Crippen molar-refractivity contribution in [2.75, 3.05) is 19.6 Å². The van der Waals surface area contributed by atoms with E-state index in [2.05, 4.69) is 34.8 Å². The van der Waals surface area contributed by atoms with Crippen LogP contribution in [0, 0.1) is 0 Å². The summed E-state index contributed by atoms with van der Waals surface area (Å²) in [7, 11) is 3.23. The molecule has 0 aliphatic heterocycles. The van der Waals surface area contributed by atoms with Crippen molar-refractivity contribution in [3.05, 3.63) is 84.4 Å². The summed E-state index contributed by atoms with van der Waals surface area (Å²) in [5.41, 5.74) is 7.00. The molecule has 0 unspecified atom stereocenters. The zero-order valence-corrected chi connectivity index (χ0v) is 17.5. The Kier molecular flexibility index (Phi) is 6.06. The number of benzene rings is 3. The van der Waals surface area contributed by atoms with Crippen LogP contribution in [0.5, 0.6) is 11.5 Å². The second kappa shape index (κ2) is 9.24. The Hall–Kier alpha value is -3.64. The Morgan fingerprint density at radius 2 is 1.53 bits per heavy atom. The van der Waals surface area contributed by atoms with Gasteiger partial charge in [0.15, 0.2) is 11.5 Å². The molecular weight excluding hydrogens is 394 g/mol. The SMILES string of the molecule is COc1cccc(/C=N\Nc2nc(-c3ccccc3)c(-c3ccccc3)s2)c1OC. The highest BCUT2D eigenvalue weighted by atomic mass is 32.1. The molecule has 0 saturated heterocycles. The second-order valence-corrected chi connectivity index (χ2v) is 7.38. The van der Waals surface area contributed by atoms with Crippen molar-refractivity contribution in [3.8, 4) is 33.2 Å². The minimum absolute atomic E-state index is 0.639. The zero-order valence-electron chi connectivity index (χ0n) is 16.7. The number of nitrogens with one attached hydrogen (secondary N) is 1. The van der Waals surface area contributed by atoms with Crippen molar-refractivity contribution in [1.29, 1.82) is 0 Å². The normalized spacial score (nSPS) is 10.9. The summed E-state index contributed by atoms with van der Waals surface area (Å²) in [5.74, 6) is 1.30. The highest BCUT2D eigenvalue weighted by Gasteiger charge is 2.14. The quantitative estimate of drug-likeness (QED) is 0.300. The van der Waals surface area contributed by atoms with E-state index in [1.807, 2.05) is 54.6 Å². The van der Waals surface area contributed by atoms with E-state index in [0.717, 1.165) is 27.3 Å². The number of hydrogen-bond donors (Lipinski definition) is 1. The molecule has 4 aromatic rings. The third-order valence-corrected chi connectivity index (χ3v) is 5.52. The summed E-state index contributed by atoms with van der Waals surface area (Å²) in [6.45, 7) is 0. The fourth-order valence-corrected chi connectivity index (χ4v) is 4.06. The van der Waals surface area contributed by atoms with E-state index in [1.54, 1.807) is 31.8 Å². The summed E-state index contributed by atoms with van der Waals surface area (Å²) >= 11 is 1.57. The lowest BCUT2D eigenvalue weighted by molar-refractivity contribution is 0.354. The largest absolute Gasteiger partial charge is 0.493 e. The van der Waals surface area contributed by atoms with Crippen molar-refractivity contribution in [2.45, 2.75) is 0 Å². The predicted octanol–water partition coefficient (Wildman–Crippen LogP) is 5.94. The monoisotopic (exact) mass is 415 g/mol. The molecule has 1 heterocycles. The molecule has 0 bridgehead atoms. The Morgan fingerprint density at radius 3 is 2.20 bits per heavy atom. The van der Waals surface area contributed by atoms with Gasteiger partial charge >= 0.3 is 0 Å². The van der Waals surface area contributed by atoms with Crippen LogP contribution in [0.2, 0.25) is 0 Å². The number of hydrazone groups is 1. The molecule has 0 aliphatic rings. The van der Waals surface area contributed by atoms with Gasteiger partial charge in [-0.15, -0.1) is 0 Å². The molecule has 6 heteroatoms. The highest BCUT2D eigenvalue weighted by Crippen LogP contribution is 2.39. The molecule has 30 heavy (non-hydrogen) atoms. The standard InChI is InChI=1S/C24H21N3O2S/c1-28-20-15-9-14-19(22(20)29-2)16-25-27-24-26-21(17-10-5-3-6-11-17)23(30-24)18-12-7-4-8-13-18/h3-16H,1-2H3,(H,26,27)/b25-16-. The van der Waals surface area contributed by atoms with Crippen molar-refractivity contribution < 1.29 is 9.47 Å². The molecule has 4 rings (SSSR count). The molecule has 5 nitrogen and oxygen atoms in total. The molecule has 0 spiro atoms. The fourth-order valence-electron chi connectivity index (χ4n) is 3.12. The van der Waals surface area contributed by atoms with E-state index >= 15 is 0 Å². The van der Waals surface area contributed by atoms with Crippen LogP contribution in [0.1, 0.15) is 5.56 Å². The van der Waals surface area contributed by atoms with Gasteiger partial charge in [-0.2, -0.15) is 5.10 Å². The zero-order chi connectivity index (χ0) is 20.8.